The second kappa shape index (κ2) is 5.71. The normalized spacial score (nSPS) is 14.9. The van der Waals surface area contributed by atoms with Crippen molar-refractivity contribution >= 4 is 11.6 Å². The Bertz CT molecular complexity index is 615. The van der Waals surface area contributed by atoms with Crippen LogP contribution in [0, 0.1) is 6.92 Å². The van der Waals surface area contributed by atoms with Crippen LogP contribution in [0.3, 0.4) is 0 Å². The quantitative estimate of drug-likeness (QED) is 0.808. The molecule has 0 N–H and O–H groups in total. The van der Waals surface area contributed by atoms with Crippen LogP contribution in [-0.2, 0) is 6.42 Å². The highest BCUT2D eigenvalue weighted by Gasteiger charge is 2.16. The van der Waals surface area contributed by atoms with Crippen molar-refractivity contribution in [2.45, 2.75) is 18.7 Å². The molecular weight excluding hydrogens is 274 g/mol. The van der Waals surface area contributed by atoms with Gasteiger partial charge in [-0.3, -0.25) is 4.98 Å². The molecule has 0 bridgehead atoms. The summed E-state index contributed by atoms with van der Waals surface area (Å²) in [6.45, 7) is 3.24. The van der Waals surface area contributed by atoms with Gasteiger partial charge in [-0.1, -0.05) is 12.1 Å². The highest BCUT2D eigenvalue weighted by molar-refractivity contribution is 6.20. The summed E-state index contributed by atoms with van der Waals surface area (Å²) < 4.78 is 11.1. The van der Waals surface area contributed by atoms with Gasteiger partial charge in [0.15, 0.2) is 11.5 Å². The van der Waals surface area contributed by atoms with Crippen molar-refractivity contribution in [1.29, 1.82) is 0 Å². The Kier molecular flexibility index (Phi) is 3.79. The number of aryl methyl sites for hydroxylation is 1. The molecule has 0 saturated heterocycles. The van der Waals surface area contributed by atoms with E-state index < -0.39 is 0 Å². The molecule has 4 heteroatoms. The van der Waals surface area contributed by atoms with Gasteiger partial charge in [-0.25, -0.2) is 0 Å². The van der Waals surface area contributed by atoms with E-state index >= 15 is 0 Å². The summed E-state index contributed by atoms with van der Waals surface area (Å²) >= 11 is 6.52. The Morgan fingerprint density at radius 3 is 2.80 bits per heavy atom. The summed E-state index contributed by atoms with van der Waals surface area (Å²) in [5.74, 6) is 1.56. The van der Waals surface area contributed by atoms with Crippen LogP contribution in [0.5, 0.6) is 11.5 Å². The van der Waals surface area contributed by atoms with Crippen LogP contribution in [-0.4, -0.2) is 18.2 Å². The molecule has 1 atom stereocenters. The first-order valence-electron chi connectivity index (χ1n) is 6.68. The van der Waals surface area contributed by atoms with Crippen molar-refractivity contribution in [3.05, 3.63) is 53.3 Å². The van der Waals surface area contributed by atoms with Crippen LogP contribution in [0.25, 0.3) is 0 Å². The standard InChI is InChI=1S/C16H16ClNO2/c1-11-3-2-6-18-14(11)10-13(17)12-4-5-15-16(9-12)20-8-7-19-15/h2-6,9,13H,7-8,10H2,1H3. The summed E-state index contributed by atoms with van der Waals surface area (Å²) in [4.78, 5) is 4.39. The van der Waals surface area contributed by atoms with Crippen molar-refractivity contribution in [2.75, 3.05) is 13.2 Å². The monoisotopic (exact) mass is 289 g/mol. The number of hydrogen-bond donors (Lipinski definition) is 0. The maximum Gasteiger partial charge on any atom is 0.161 e. The summed E-state index contributed by atoms with van der Waals surface area (Å²) in [7, 11) is 0. The number of benzene rings is 1. The number of nitrogens with zero attached hydrogens (tertiary/aromatic N) is 1. The largest absolute Gasteiger partial charge is 0.486 e. The number of alkyl halides is 1. The number of fused-ring (bicyclic) bond motifs is 1. The molecule has 20 heavy (non-hydrogen) atoms. The molecule has 1 aliphatic rings. The minimum atomic E-state index is -0.126. The molecule has 1 aromatic carbocycles. The van der Waals surface area contributed by atoms with E-state index in [1.165, 1.54) is 0 Å². The molecule has 1 aromatic heterocycles. The van der Waals surface area contributed by atoms with Gasteiger partial charge >= 0.3 is 0 Å². The number of aromatic nitrogens is 1. The number of pyridine rings is 1. The Balaban J connectivity index is 1.80. The van der Waals surface area contributed by atoms with E-state index in [1.54, 1.807) is 6.20 Å². The van der Waals surface area contributed by atoms with E-state index in [1.807, 2.05) is 24.3 Å². The highest BCUT2D eigenvalue weighted by Crippen LogP contribution is 2.35. The summed E-state index contributed by atoms with van der Waals surface area (Å²) in [5.41, 5.74) is 3.22. The van der Waals surface area contributed by atoms with E-state index in [9.17, 15) is 0 Å². The zero-order valence-corrected chi connectivity index (χ0v) is 12.1. The van der Waals surface area contributed by atoms with Crippen LogP contribution < -0.4 is 9.47 Å². The Morgan fingerprint density at radius 2 is 2.00 bits per heavy atom. The van der Waals surface area contributed by atoms with Gasteiger partial charge in [-0.05, 0) is 36.2 Å². The van der Waals surface area contributed by atoms with Crippen LogP contribution in [0.4, 0.5) is 0 Å². The lowest BCUT2D eigenvalue weighted by atomic mass is 10.0. The van der Waals surface area contributed by atoms with Gasteiger partial charge in [0.1, 0.15) is 13.2 Å². The van der Waals surface area contributed by atoms with Crippen molar-refractivity contribution in [2.24, 2.45) is 0 Å². The summed E-state index contributed by atoms with van der Waals surface area (Å²) in [6, 6.07) is 9.86. The maximum atomic E-state index is 6.52. The molecule has 104 valence electrons. The van der Waals surface area contributed by atoms with Gasteiger partial charge in [0.25, 0.3) is 0 Å². The second-order valence-electron chi connectivity index (χ2n) is 4.84. The molecular formula is C16H16ClNO2. The average Bonchev–Trinajstić information content (AvgIpc) is 2.49. The van der Waals surface area contributed by atoms with Gasteiger partial charge in [0.05, 0.1) is 5.38 Å². The smallest absolute Gasteiger partial charge is 0.161 e. The predicted molar refractivity (Wildman–Crippen MR) is 78.7 cm³/mol. The third kappa shape index (κ3) is 2.73. The molecule has 0 radical (unpaired) electrons. The number of hydrogen-bond acceptors (Lipinski definition) is 3. The van der Waals surface area contributed by atoms with Crippen LogP contribution in [0.1, 0.15) is 22.2 Å². The molecule has 0 fully saturated rings. The first kappa shape index (κ1) is 13.3. The second-order valence-corrected chi connectivity index (χ2v) is 5.37. The predicted octanol–water partition coefficient (Wildman–Crippen LogP) is 3.68. The van der Waals surface area contributed by atoms with Gasteiger partial charge in [0.2, 0.25) is 0 Å². The molecule has 2 heterocycles. The molecule has 0 spiro atoms. The molecule has 2 aromatic rings. The molecule has 3 nitrogen and oxygen atoms in total. The van der Waals surface area contributed by atoms with E-state index in [4.69, 9.17) is 21.1 Å². The van der Waals surface area contributed by atoms with Crippen molar-refractivity contribution < 1.29 is 9.47 Å². The van der Waals surface area contributed by atoms with E-state index in [2.05, 4.69) is 18.0 Å². The van der Waals surface area contributed by atoms with E-state index in [0.717, 1.165) is 28.3 Å². The van der Waals surface area contributed by atoms with Crippen molar-refractivity contribution in [3.63, 3.8) is 0 Å². The fourth-order valence-electron chi connectivity index (χ4n) is 2.27. The first-order chi connectivity index (χ1) is 9.74. The minimum Gasteiger partial charge on any atom is -0.486 e. The third-order valence-electron chi connectivity index (χ3n) is 3.42. The lowest BCUT2D eigenvalue weighted by Gasteiger charge is -2.20. The molecule has 3 rings (SSSR count). The molecule has 0 aliphatic carbocycles. The van der Waals surface area contributed by atoms with E-state index in [0.29, 0.717) is 19.6 Å². The first-order valence-corrected chi connectivity index (χ1v) is 7.12. The number of halogens is 1. The molecule has 0 amide bonds. The zero-order valence-electron chi connectivity index (χ0n) is 11.3. The van der Waals surface area contributed by atoms with Gasteiger partial charge < -0.3 is 9.47 Å². The molecule has 1 unspecified atom stereocenters. The fourth-order valence-corrected chi connectivity index (χ4v) is 2.56. The van der Waals surface area contributed by atoms with Crippen LogP contribution >= 0.6 is 11.6 Å². The third-order valence-corrected chi connectivity index (χ3v) is 3.82. The van der Waals surface area contributed by atoms with E-state index in [-0.39, 0.29) is 5.38 Å². The van der Waals surface area contributed by atoms with Gasteiger partial charge in [0, 0.05) is 18.3 Å². The van der Waals surface area contributed by atoms with Gasteiger partial charge in [-0.2, -0.15) is 0 Å². The number of rotatable bonds is 3. The average molecular weight is 290 g/mol. The van der Waals surface area contributed by atoms with Crippen molar-refractivity contribution in [1.82, 2.24) is 4.98 Å². The minimum absolute atomic E-state index is 0.126. The van der Waals surface area contributed by atoms with Gasteiger partial charge in [-0.15, -0.1) is 11.6 Å². The van der Waals surface area contributed by atoms with Crippen molar-refractivity contribution in [3.8, 4) is 11.5 Å². The van der Waals surface area contributed by atoms with Crippen LogP contribution in [0.15, 0.2) is 36.5 Å². The Hall–Kier alpha value is -1.74. The van der Waals surface area contributed by atoms with Crippen LogP contribution in [0.2, 0.25) is 0 Å². The highest BCUT2D eigenvalue weighted by atomic mass is 35.5. The summed E-state index contributed by atoms with van der Waals surface area (Å²) in [6.07, 6.45) is 2.50. The summed E-state index contributed by atoms with van der Waals surface area (Å²) in [5, 5.41) is -0.126. The molecule has 0 saturated carbocycles. The molecule has 1 aliphatic heterocycles. The Labute approximate surface area is 123 Å². The topological polar surface area (TPSA) is 31.4 Å². The Morgan fingerprint density at radius 1 is 1.20 bits per heavy atom. The fraction of sp³-hybridized carbons (Fsp3) is 0.312. The zero-order chi connectivity index (χ0) is 13.9. The lowest BCUT2D eigenvalue weighted by Crippen LogP contribution is -2.15. The lowest BCUT2D eigenvalue weighted by molar-refractivity contribution is 0.171. The number of ether oxygens (including phenoxy) is 2. The maximum absolute atomic E-state index is 6.52. The SMILES string of the molecule is Cc1cccnc1CC(Cl)c1ccc2c(c1)OCCO2.